The number of aromatic nitrogens is 1. The number of carbonyl (C=O) groups is 1. The molecule has 1 fully saturated rings. The van der Waals surface area contributed by atoms with Gasteiger partial charge in [-0.1, -0.05) is 23.2 Å². The van der Waals surface area contributed by atoms with Crippen molar-refractivity contribution in [2.24, 2.45) is 0 Å². The van der Waals surface area contributed by atoms with Crippen molar-refractivity contribution in [2.75, 3.05) is 21.9 Å². The van der Waals surface area contributed by atoms with Crippen LogP contribution in [0.2, 0.25) is 10.0 Å². The van der Waals surface area contributed by atoms with Gasteiger partial charge in [0.15, 0.2) is 0 Å². The molecule has 30 heavy (non-hydrogen) atoms. The van der Waals surface area contributed by atoms with E-state index in [1.165, 1.54) is 10.5 Å². The second-order valence-electron chi connectivity index (χ2n) is 6.80. The molecule has 9 heteroatoms. The van der Waals surface area contributed by atoms with E-state index in [2.05, 4.69) is 10.3 Å². The van der Waals surface area contributed by atoms with Gasteiger partial charge in [0.25, 0.3) is 5.91 Å². The van der Waals surface area contributed by atoms with Crippen molar-refractivity contribution >= 4 is 50.5 Å². The topological polar surface area (TPSA) is 79.4 Å². The van der Waals surface area contributed by atoms with Crippen molar-refractivity contribution in [1.29, 1.82) is 0 Å². The summed E-state index contributed by atoms with van der Waals surface area (Å²) in [7, 11) is -3.25. The van der Waals surface area contributed by atoms with Crippen LogP contribution in [0.4, 0.5) is 11.4 Å². The van der Waals surface area contributed by atoms with Gasteiger partial charge in [0.1, 0.15) is 0 Å². The van der Waals surface area contributed by atoms with Gasteiger partial charge in [-0.25, -0.2) is 8.42 Å². The van der Waals surface area contributed by atoms with Crippen LogP contribution in [-0.2, 0) is 10.0 Å². The van der Waals surface area contributed by atoms with Gasteiger partial charge in [-0.3, -0.25) is 14.1 Å². The monoisotopic (exact) mass is 461 g/mol. The quantitative estimate of drug-likeness (QED) is 0.602. The highest BCUT2D eigenvalue weighted by molar-refractivity contribution is 7.93. The van der Waals surface area contributed by atoms with Crippen molar-refractivity contribution in [1.82, 2.24) is 4.98 Å². The molecule has 2 aromatic carbocycles. The zero-order chi connectivity index (χ0) is 21.3. The standard InChI is InChI=1S/C21H17Cl2N3O3S/c22-15-4-9-20(24-13-15)18-12-16(5-8-19(18)23)25-21(27)14-2-6-17(7-3-14)26-10-1-11-30(26,28)29/h2-9,12-13H,1,10-11H2,(H,25,27). The second kappa shape index (κ2) is 8.26. The summed E-state index contributed by atoms with van der Waals surface area (Å²) in [5.74, 6) is -0.167. The molecule has 2 heterocycles. The molecule has 6 nitrogen and oxygen atoms in total. The minimum absolute atomic E-state index is 0.149. The number of rotatable bonds is 4. The number of hydrogen-bond acceptors (Lipinski definition) is 4. The van der Waals surface area contributed by atoms with Gasteiger partial charge >= 0.3 is 0 Å². The third-order valence-corrected chi connectivity index (χ3v) is 7.17. The molecule has 3 aromatic rings. The highest BCUT2D eigenvalue weighted by atomic mass is 35.5. The SMILES string of the molecule is O=C(Nc1ccc(Cl)c(-c2ccc(Cl)cn2)c1)c1ccc(N2CCCS2(=O)=O)cc1. The Morgan fingerprint density at radius 2 is 1.80 bits per heavy atom. The van der Waals surface area contributed by atoms with Gasteiger partial charge in [0.2, 0.25) is 10.0 Å². The summed E-state index contributed by atoms with van der Waals surface area (Å²) >= 11 is 12.2. The highest BCUT2D eigenvalue weighted by Gasteiger charge is 2.28. The predicted molar refractivity (Wildman–Crippen MR) is 120 cm³/mol. The maximum absolute atomic E-state index is 12.6. The fraction of sp³-hybridized carbons (Fsp3) is 0.143. The normalized spacial score (nSPS) is 15.2. The Morgan fingerprint density at radius 1 is 1.03 bits per heavy atom. The Morgan fingerprint density at radius 3 is 2.43 bits per heavy atom. The van der Waals surface area contributed by atoms with Crippen LogP contribution in [0.5, 0.6) is 0 Å². The Labute approximate surface area is 184 Å². The summed E-state index contributed by atoms with van der Waals surface area (Å²) in [6.07, 6.45) is 2.13. The van der Waals surface area contributed by atoms with E-state index >= 15 is 0 Å². The number of nitrogens with zero attached hydrogens (tertiary/aromatic N) is 2. The van der Waals surface area contributed by atoms with Gasteiger partial charge in [-0.05, 0) is 61.0 Å². The van der Waals surface area contributed by atoms with E-state index in [-0.39, 0.29) is 11.7 Å². The van der Waals surface area contributed by atoms with Crippen LogP contribution in [0, 0.1) is 0 Å². The third-order valence-electron chi connectivity index (χ3n) is 4.74. The molecule has 1 saturated heterocycles. The molecule has 1 aliphatic rings. The molecule has 0 unspecified atom stereocenters. The fourth-order valence-electron chi connectivity index (χ4n) is 3.25. The van der Waals surface area contributed by atoms with E-state index in [0.717, 1.165) is 0 Å². The van der Waals surface area contributed by atoms with Crippen molar-refractivity contribution < 1.29 is 13.2 Å². The number of sulfonamides is 1. The second-order valence-corrected chi connectivity index (χ2v) is 9.66. The molecule has 1 amide bonds. The number of amides is 1. The molecule has 0 spiro atoms. The molecule has 1 N–H and O–H groups in total. The Bertz CT molecular complexity index is 1200. The van der Waals surface area contributed by atoms with E-state index in [1.807, 2.05) is 0 Å². The minimum Gasteiger partial charge on any atom is -0.322 e. The number of hydrogen-bond donors (Lipinski definition) is 1. The lowest BCUT2D eigenvalue weighted by Gasteiger charge is -2.17. The highest BCUT2D eigenvalue weighted by Crippen LogP contribution is 2.30. The average Bonchev–Trinajstić information content (AvgIpc) is 3.09. The zero-order valence-electron chi connectivity index (χ0n) is 15.7. The van der Waals surface area contributed by atoms with E-state index in [4.69, 9.17) is 23.2 Å². The van der Waals surface area contributed by atoms with Gasteiger partial charge in [-0.2, -0.15) is 0 Å². The van der Waals surface area contributed by atoms with Crippen LogP contribution in [0.25, 0.3) is 11.3 Å². The summed E-state index contributed by atoms with van der Waals surface area (Å²) in [4.78, 5) is 16.9. The van der Waals surface area contributed by atoms with Crippen molar-refractivity contribution in [2.45, 2.75) is 6.42 Å². The first kappa shape index (κ1) is 20.7. The van der Waals surface area contributed by atoms with Crippen LogP contribution in [0.15, 0.2) is 60.8 Å². The molecule has 0 atom stereocenters. The Kier molecular flexibility index (Phi) is 5.69. The fourth-order valence-corrected chi connectivity index (χ4v) is 5.14. The molecule has 0 radical (unpaired) electrons. The molecule has 1 aromatic heterocycles. The molecule has 0 aliphatic carbocycles. The molecular weight excluding hydrogens is 445 g/mol. The molecule has 0 saturated carbocycles. The number of benzene rings is 2. The Balaban J connectivity index is 1.53. The van der Waals surface area contributed by atoms with Crippen molar-refractivity contribution in [3.05, 3.63) is 76.4 Å². The van der Waals surface area contributed by atoms with Crippen molar-refractivity contribution in [3.8, 4) is 11.3 Å². The smallest absolute Gasteiger partial charge is 0.255 e. The van der Waals surface area contributed by atoms with Crippen LogP contribution in [0.1, 0.15) is 16.8 Å². The largest absolute Gasteiger partial charge is 0.322 e. The van der Waals surface area contributed by atoms with Gasteiger partial charge in [0.05, 0.1) is 27.2 Å². The first-order chi connectivity index (χ1) is 14.3. The summed E-state index contributed by atoms with van der Waals surface area (Å²) in [5, 5.41) is 3.85. The molecule has 1 aliphatic heterocycles. The Hall–Kier alpha value is -2.61. The van der Waals surface area contributed by atoms with E-state index in [9.17, 15) is 13.2 Å². The van der Waals surface area contributed by atoms with Crippen LogP contribution < -0.4 is 9.62 Å². The summed E-state index contributed by atoms with van der Waals surface area (Å²) < 4.78 is 25.5. The lowest BCUT2D eigenvalue weighted by Crippen LogP contribution is -2.25. The average molecular weight is 462 g/mol. The van der Waals surface area contributed by atoms with Crippen LogP contribution in [0.3, 0.4) is 0 Å². The summed E-state index contributed by atoms with van der Waals surface area (Å²) in [5.41, 5.74) is 2.84. The van der Waals surface area contributed by atoms with Crippen molar-refractivity contribution in [3.63, 3.8) is 0 Å². The van der Waals surface area contributed by atoms with E-state index in [1.54, 1.807) is 54.6 Å². The zero-order valence-corrected chi connectivity index (χ0v) is 18.0. The first-order valence-corrected chi connectivity index (χ1v) is 11.5. The number of halogens is 2. The maximum atomic E-state index is 12.6. The number of pyridine rings is 1. The van der Waals surface area contributed by atoms with Gasteiger partial charge in [0, 0.05) is 29.6 Å². The van der Waals surface area contributed by atoms with E-state index in [0.29, 0.717) is 51.2 Å². The molecule has 4 rings (SSSR count). The summed E-state index contributed by atoms with van der Waals surface area (Å²) in [6, 6.07) is 15.1. The van der Waals surface area contributed by atoms with E-state index < -0.39 is 10.0 Å². The van der Waals surface area contributed by atoms with Crippen LogP contribution in [-0.4, -0.2) is 31.6 Å². The van der Waals surface area contributed by atoms with Crippen LogP contribution >= 0.6 is 23.2 Å². The molecular formula is C21H17Cl2N3O3S. The maximum Gasteiger partial charge on any atom is 0.255 e. The molecule has 154 valence electrons. The predicted octanol–water partition coefficient (Wildman–Crippen LogP) is 4.85. The lowest BCUT2D eigenvalue weighted by molar-refractivity contribution is 0.102. The molecule has 0 bridgehead atoms. The number of nitrogens with one attached hydrogen (secondary N) is 1. The summed E-state index contributed by atoms with van der Waals surface area (Å²) in [6.45, 7) is 0.458. The third kappa shape index (κ3) is 4.28. The number of anilines is 2. The minimum atomic E-state index is -3.25. The number of carbonyl (C=O) groups excluding carboxylic acids is 1. The van der Waals surface area contributed by atoms with Gasteiger partial charge in [-0.15, -0.1) is 0 Å². The lowest BCUT2D eigenvalue weighted by atomic mass is 10.1. The first-order valence-electron chi connectivity index (χ1n) is 9.17. The van der Waals surface area contributed by atoms with Gasteiger partial charge < -0.3 is 5.32 Å².